The highest BCUT2D eigenvalue weighted by Gasteiger charge is 2.16. The van der Waals surface area contributed by atoms with E-state index in [1.165, 1.54) is 4.68 Å². The molecule has 2 N–H and O–H groups in total. The largest absolute Gasteiger partial charge is 0.486 e. The maximum absolute atomic E-state index is 12.5. The summed E-state index contributed by atoms with van der Waals surface area (Å²) in [5.74, 6) is 1.55. The molecule has 27 heavy (non-hydrogen) atoms. The SMILES string of the molecule is O=c1[nH]c2ccccc2cc1-c1nc(COc2ccccc2)nn1CCO. The summed E-state index contributed by atoms with van der Waals surface area (Å²) < 4.78 is 7.22. The lowest BCUT2D eigenvalue weighted by molar-refractivity contribution is 0.266. The Kier molecular flexibility index (Phi) is 4.67. The molecule has 4 rings (SSSR count). The van der Waals surface area contributed by atoms with Crippen LogP contribution in [0.3, 0.4) is 0 Å². The smallest absolute Gasteiger partial charge is 0.259 e. The number of hydrogen-bond donors (Lipinski definition) is 2. The predicted molar refractivity (Wildman–Crippen MR) is 101 cm³/mol. The van der Waals surface area contributed by atoms with Gasteiger partial charge in [0.05, 0.1) is 18.7 Å². The second-order valence-electron chi connectivity index (χ2n) is 6.00. The van der Waals surface area contributed by atoms with Crippen molar-refractivity contribution in [1.82, 2.24) is 19.7 Å². The zero-order valence-electron chi connectivity index (χ0n) is 14.5. The Bertz CT molecular complexity index is 1120. The molecule has 2 aromatic carbocycles. The van der Waals surface area contributed by atoms with Gasteiger partial charge in [0.1, 0.15) is 12.4 Å². The molecular weight excluding hydrogens is 344 g/mol. The second-order valence-corrected chi connectivity index (χ2v) is 6.00. The molecule has 2 heterocycles. The molecule has 136 valence electrons. The number of ether oxygens (including phenoxy) is 1. The number of hydrogen-bond acceptors (Lipinski definition) is 5. The molecule has 2 aromatic heterocycles. The topological polar surface area (TPSA) is 93.0 Å². The fraction of sp³-hybridized carbons (Fsp3) is 0.150. The van der Waals surface area contributed by atoms with Gasteiger partial charge >= 0.3 is 0 Å². The monoisotopic (exact) mass is 362 g/mol. The standard InChI is InChI=1S/C20H18N4O3/c25-11-10-24-19(16-12-14-6-4-5-9-17(14)21-20(16)26)22-18(23-24)13-27-15-7-2-1-3-8-15/h1-9,12,25H,10-11,13H2,(H,21,26). The normalized spacial score (nSPS) is 11.0. The molecule has 0 aliphatic heterocycles. The van der Waals surface area contributed by atoms with Crippen molar-refractivity contribution in [2.45, 2.75) is 13.2 Å². The minimum absolute atomic E-state index is 0.110. The van der Waals surface area contributed by atoms with Crippen LogP contribution < -0.4 is 10.3 Å². The number of aromatic nitrogens is 4. The van der Waals surface area contributed by atoms with E-state index in [1.54, 1.807) is 6.07 Å². The van der Waals surface area contributed by atoms with E-state index in [-0.39, 0.29) is 25.3 Å². The number of aliphatic hydroxyl groups is 1. The molecule has 0 aliphatic carbocycles. The molecule has 0 radical (unpaired) electrons. The number of aliphatic hydroxyl groups excluding tert-OH is 1. The number of fused-ring (bicyclic) bond motifs is 1. The van der Waals surface area contributed by atoms with E-state index in [0.717, 1.165) is 10.9 Å². The maximum Gasteiger partial charge on any atom is 0.259 e. The zero-order chi connectivity index (χ0) is 18.6. The van der Waals surface area contributed by atoms with Crippen molar-refractivity contribution in [3.05, 3.63) is 76.8 Å². The number of rotatable bonds is 6. The maximum atomic E-state index is 12.5. The first-order valence-corrected chi connectivity index (χ1v) is 8.59. The van der Waals surface area contributed by atoms with Crippen LogP contribution in [0.2, 0.25) is 0 Å². The van der Waals surface area contributed by atoms with E-state index >= 15 is 0 Å². The van der Waals surface area contributed by atoms with E-state index in [0.29, 0.717) is 23.0 Å². The van der Waals surface area contributed by atoms with Gasteiger partial charge in [0, 0.05) is 5.52 Å². The summed E-state index contributed by atoms with van der Waals surface area (Å²) in [5.41, 5.74) is 0.906. The van der Waals surface area contributed by atoms with Crippen molar-refractivity contribution in [3.8, 4) is 17.1 Å². The summed E-state index contributed by atoms with van der Waals surface area (Å²) in [7, 11) is 0. The number of para-hydroxylation sites is 2. The van der Waals surface area contributed by atoms with Crippen LogP contribution >= 0.6 is 0 Å². The van der Waals surface area contributed by atoms with E-state index < -0.39 is 0 Å². The first kappa shape index (κ1) is 17.0. The summed E-state index contributed by atoms with van der Waals surface area (Å²) in [4.78, 5) is 19.9. The van der Waals surface area contributed by atoms with Crippen LogP contribution in [-0.2, 0) is 13.2 Å². The van der Waals surface area contributed by atoms with Gasteiger partial charge in [-0.05, 0) is 29.7 Å². The third-order valence-electron chi connectivity index (χ3n) is 4.13. The summed E-state index contributed by atoms with van der Waals surface area (Å²) >= 11 is 0. The minimum Gasteiger partial charge on any atom is -0.486 e. The number of aromatic amines is 1. The van der Waals surface area contributed by atoms with E-state index in [9.17, 15) is 9.90 Å². The first-order valence-electron chi connectivity index (χ1n) is 8.59. The van der Waals surface area contributed by atoms with Crippen LogP contribution in [0.4, 0.5) is 0 Å². The Hall–Kier alpha value is -3.45. The molecule has 0 aliphatic rings. The third kappa shape index (κ3) is 3.58. The van der Waals surface area contributed by atoms with Crippen molar-refractivity contribution in [3.63, 3.8) is 0 Å². The van der Waals surface area contributed by atoms with Crippen LogP contribution in [-0.4, -0.2) is 31.5 Å². The van der Waals surface area contributed by atoms with Crippen molar-refractivity contribution in [2.75, 3.05) is 6.61 Å². The van der Waals surface area contributed by atoms with Crippen LogP contribution in [0.25, 0.3) is 22.3 Å². The van der Waals surface area contributed by atoms with Gasteiger partial charge in [-0.25, -0.2) is 9.67 Å². The van der Waals surface area contributed by atoms with Crippen molar-refractivity contribution in [1.29, 1.82) is 0 Å². The van der Waals surface area contributed by atoms with Gasteiger partial charge in [0.25, 0.3) is 5.56 Å². The molecule has 7 nitrogen and oxygen atoms in total. The van der Waals surface area contributed by atoms with Gasteiger partial charge < -0.3 is 14.8 Å². The van der Waals surface area contributed by atoms with Gasteiger partial charge in [-0.2, -0.15) is 5.10 Å². The van der Waals surface area contributed by atoms with Crippen LogP contribution in [0, 0.1) is 0 Å². The van der Waals surface area contributed by atoms with E-state index in [4.69, 9.17) is 4.74 Å². The van der Waals surface area contributed by atoms with Crippen molar-refractivity contribution in [2.24, 2.45) is 0 Å². The van der Waals surface area contributed by atoms with Gasteiger partial charge in [-0.15, -0.1) is 0 Å². The van der Waals surface area contributed by atoms with Crippen molar-refractivity contribution >= 4 is 10.9 Å². The second kappa shape index (κ2) is 7.43. The van der Waals surface area contributed by atoms with Gasteiger partial charge in [0.15, 0.2) is 11.6 Å². The Morgan fingerprint density at radius 1 is 1.07 bits per heavy atom. The Balaban J connectivity index is 1.70. The molecular formula is C20H18N4O3. The molecule has 0 atom stereocenters. The molecule has 0 saturated carbocycles. The Morgan fingerprint density at radius 3 is 2.67 bits per heavy atom. The molecule has 0 fully saturated rings. The molecule has 0 unspecified atom stereocenters. The van der Waals surface area contributed by atoms with Crippen molar-refractivity contribution < 1.29 is 9.84 Å². The number of H-pyrrole nitrogens is 1. The molecule has 0 amide bonds. The average Bonchev–Trinajstić information content (AvgIpc) is 3.09. The Labute approximate surface area is 154 Å². The zero-order valence-corrected chi connectivity index (χ0v) is 14.5. The fourth-order valence-corrected chi connectivity index (χ4v) is 2.88. The molecule has 0 spiro atoms. The molecule has 0 bridgehead atoms. The summed E-state index contributed by atoms with van der Waals surface area (Å²) in [6.07, 6.45) is 0. The lowest BCUT2D eigenvalue weighted by Gasteiger charge is -2.04. The highest BCUT2D eigenvalue weighted by Crippen LogP contribution is 2.19. The first-order chi connectivity index (χ1) is 13.2. The lowest BCUT2D eigenvalue weighted by Crippen LogP contribution is -2.14. The number of nitrogens with zero attached hydrogens (tertiary/aromatic N) is 3. The lowest BCUT2D eigenvalue weighted by atomic mass is 10.1. The summed E-state index contributed by atoms with van der Waals surface area (Å²) in [5, 5.41) is 14.6. The number of benzene rings is 2. The highest BCUT2D eigenvalue weighted by atomic mass is 16.5. The van der Waals surface area contributed by atoms with Gasteiger partial charge in [-0.3, -0.25) is 4.79 Å². The highest BCUT2D eigenvalue weighted by molar-refractivity contribution is 5.82. The predicted octanol–water partition coefficient (Wildman–Crippen LogP) is 2.36. The fourth-order valence-electron chi connectivity index (χ4n) is 2.88. The quantitative estimate of drug-likeness (QED) is 0.549. The van der Waals surface area contributed by atoms with Crippen LogP contribution in [0.15, 0.2) is 65.5 Å². The summed E-state index contributed by atoms with van der Waals surface area (Å²) in [6, 6.07) is 18.7. The summed E-state index contributed by atoms with van der Waals surface area (Å²) in [6.45, 7) is 0.293. The average molecular weight is 362 g/mol. The Morgan fingerprint density at radius 2 is 1.85 bits per heavy atom. The molecule has 7 heteroatoms. The number of nitrogens with one attached hydrogen (secondary N) is 1. The van der Waals surface area contributed by atoms with Crippen LogP contribution in [0.1, 0.15) is 5.82 Å². The third-order valence-corrected chi connectivity index (χ3v) is 4.13. The van der Waals surface area contributed by atoms with Crippen LogP contribution in [0.5, 0.6) is 5.75 Å². The van der Waals surface area contributed by atoms with E-state index in [2.05, 4.69) is 15.1 Å². The van der Waals surface area contributed by atoms with Gasteiger partial charge in [0.2, 0.25) is 0 Å². The number of pyridine rings is 1. The van der Waals surface area contributed by atoms with E-state index in [1.807, 2.05) is 54.6 Å². The molecule has 4 aromatic rings. The van der Waals surface area contributed by atoms with Gasteiger partial charge in [-0.1, -0.05) is 36.4 Å². The minimum atomic E-state index is -0.254. The molecule has 0 saturated heterocycles.